The summed E-state index contributed by atoms with van der Waals surface area (Å²) in [7, 11) is 1.13. The van der Waals surface area contributed by atoms with E-state index >= 15 is 0 Å². The van der Waals surface area contributed by atoms with E-state index in [9.17, 15) is 9.59 Å². The number of esters is 1. The number of methoxy groups -OCH3 is 1. The van der Waals surface area contributed by atoms with E-state index in [-0.39, 0.29) is 5.92 Å². The third kappa shape index (κ3) is 3.70. The van der Waals surface area contributed by atoms with Crippen LogP contribution in [0.4, 0.5) is 0 Å². The molecule has 0 aliphatic carbocycles. The SMILES string of the molecule is COC(=O)C(=O)C(C#N)CC(C)C. The second-order valence-corrected chi connectivity index (χ2v) is 3.17. The van der Waals surface area contributed by atoms with Gasteiger partial charge in [-0.15, -0.1) is 0 Å². The monoisotopic (exact) mass is 183 g/mol. The Morgan fingerprint density at radius 1 is 1.46 bits per heavy atom. The lowest BCUT2D eigenvalue weighted by atomic mass is 9.95. The van der Waals surface area contributed by atoms with Gasteiger partial charge in [-0.25, -0.2) is 4.79 Å². The Kier molecular flexibility index (Phi) is 4.75. The van der Waals surface area contributed by atoms with Gasteiger partial charge < -0.3 is 4.74 Å². The number of carbonyl (C=O) groups excluding carboxylic acids is 2. The maximum absolute atomic E-state index is 11.1. The van der Waals surface area contributed by atoms with Gasteiger partial charge in [-0.3, -0.25) is 4.79 Å². The average Bonchev–Trinajstić information content (AvgIpc) is 2.11. The van der Waals surface area contributed by atoms with E-state index in [1.165, 1.54) is 0 Å². The highest BCUT2D eigenvalue weighted by molar-refractivity contribution is 6.35. The number of ketones is 1. The van der Waals surface area contributed by atoms with Crippen LogP contribution < -0.4 is 0 Å². The zero-order valence-corrected chi connectivity index (χ0v) is 8.03. The zero-order valence-electron chi connectivity index (χ0n) is 8.03. The summed E-state index contributed by atoms with van der Waals surface area (Å²) < 4.78 is 4.24. The lowest BCUT2D eigenvalue weighted by Crippen LogP contribution is -2.25. The molecule has 1 unspecified atom stereocenters. The number of ether oxygens (including phenoxy) is 1. The van der Waals surface area contributed by atoms with Crippen LogP contribution in [0.25, 0.3) is 0 Å². The Hall–Kier alpha value is -1.37. The van der Waals surface area contributed by atoms with Gasteiger partial charge in [0.15, 0.2) is 0 Å². The molecular formula is C9H13NO3. The van der Waals surface area contributed by atoms with Gasteiger partial charge in [-0.05, 0) is 12.3 Å². The Morgan fingerprint density at radius 3 is 2.31 bits per heavy atom. The molecule has 0 radical (unpaired) electrons. The summed E-state index contributed by atoms with van der Waals surface area (Å²) in [6.07, 6.45) is 0.393. The number of nitrogens with zero attached hydrogens (tertiary/aromatic N) is 1. The third-order valence-electron chi connectivity index (χ3n) is 1.57. The maximum Gasteiger partial charge on any atom is 0.375 e. The highest BCUT2D eigenvalue weighted by Gasteiger charge is 2.26. The average molecular weight is 183 g/mol. The molecule has 0 aliphatic rings. The summed E-state index contributed by atoms with van der Waals surface area (Å²) in [4.78, 5) is 21.9. The lowest BCUT2D eigenvalue weighted by Gasteiger charge is -2.08. The number of hydrogen-bond acceptors (Lipinski definition) is 4. The molecule has 0 heterocycles. The fraction of sp³-hybridized carbons (Fsp3) is 0.667. The molecule has 0 N–H and O–H groups in total. The van der Waals surface area contributed by atoms with Gasteiger partial charge in [0.25, 0.3) is 5.78 Å². The Labute approximate surface area is 77.5 Å². The maximum atomic E-state index is 11.1. The molecular weight excluding hydrogens is 170 g/mol. The molecule has 1 atom stereocenters. The summed E-state index contributed by atoms with van der Waals surface area (Å²) in [5.74, 6) is -2.35. The summed E-state index contributed by atoms with van der Waals surface area (Å²) in [5.41, 5.74) is 0. The minimum Gasteiger partial charge on any atom is -0.463 e. The van der Waals surface area contributed by atoms with Crippen molar-refractivity contribution < 1.29 is 14.3 Å². The highest BCUT2D eigenvalue weighted by Crippen LogP contribution is 2.12. The summed E-state index contributed by atoms with van der Waals surface area (Å²) in [6, 6.07) is 1.80. The summed E-state index contributed by atoms with van der Waals surface area (Å²) in [6.45, 7) is 3.77. The van der Waals surface area contributed by atoms with Crippen molar-refractivity contribution in [2.75, 3.05) is 7.11 Å². The predicted octanol–water partition coefficient (Wildman–Crippen LogP) is 0.914. The van der Waals surface area contributed by atoms with Gasteiger partial charge in [0.1, 0.15) is 5.92 Å². The topological polar surface area (TPSA) is 67.2 Å². The fourth-order valence-corrected chi connectivity index (χ4v) is 0.933. The number of Topliss-reactive ketones (excluding diaryl/α,β-unsaturated/α-hetero) is 1. The van der Waals surface area contributed by atoms with E-state index in [1.54, 1.807) is 6.07 Å². The van der Waals surface area contributed by atoms with E-state index < -0.39 is 17.7 Å². The van der Waals surface area contributed by atoms with Crippen molar-refractivity contribution in [1.29, 1.82) is 5.26 Å². The Balaban J connectivity index is 4.34. The number of nitriles is 1. The van der Waals surface area contributed by atoms with Gasteiger partial charge in [0.05, 0.1) is 13.2 Å². The second kappa shape index (κ2) is 5.31. The van der Waals surface area contributed by atoms with Crippen LogP contribution in [0.2, 0.25) is 0 Å². The fourth-order valence-electron chi connectivity index (χ4n) is 0.933. The second-order valence-electron chi connectivity index (χ2n) is 3.17. The van der Waals surface area contributed by atoms with Gasteiger partial charge in [-0.2, -0.15) is 5.26 Å². The van der Waals surface area contributed by atoms with Crippen molar-refractivity contribution in [1.82, 2.24) is 0 Å². The smallest absolute Gasteiger partial charge is 0.375 e. The zero-order chi connectivity index (χ0) is 10.4. The molecule has 0 fully saturated rings. The van der Waals surface area contributed by atoms with Crippen LogP contribution >= 0.6 is 0 Å². The van der Waals surface area contributed by atoms with Crippen LogP contribution in [0.3, 0.4) is 0 Å². The largest absolute Gasteiger partial charge is 0.463 e. The standard InChI is InChI=1S/C9H13NO3/c1-6(2)4-7(5-10)8(11)9(12)13-3/h6-7H,4H2,1-3H3. The first-order valence-corrected chi connectivity index (χ1v) is 4.04. The quantitative estimate of drug-likeness (QED) is 0.480. The Morgan fingerprint density at radius 2 is 2.00 bits per heavy atom. The molecule has 4 heteroatoms. The van der Waals surface area contributed by atoms with Gasteiger partial charge in [0, 0.05) is 0 Å². The van der Waals surface area contributed by atoms with Gasteiger partial charge >= 0.3 is 5.97 Å². The molecule has 72 valence electrons. The minimum atomic E-state index is -0.938. The van der Waals surface area contributed by atoms with Crippen LogP contribution in [0.1, 0.15) is 20.3 Å². The number of hydrogen-bond donors (Lipinski definition) is 0. The molecule has 13 heavy (non-hydrogen) atoms. The van der Waals surface area contributed by atoms with Gasteiger partial charge in [0.2, 0.25) is 0 Å². The van der Waals surface area contributed by atoms with E-state index in [4.69, 9.17) is 5.26 Å². The minimum absolute atomic E-state index is 0.207. The molecule has 0 aromatic rings. The highest BCUT2D eigenvalue weighted by atomic mass is 16.5. The van der Waals surface area contributed by atoms with E-state index in [0.717, 1.165) is 7.11 Å². The molecule has 0 aromatic heterocycles. The molecule has 0 saturated carbocycles. The van der Waals surface area contributed by atoms with Crippen LogP contribution in [0, 0.1) is 23.2 Å². The molecule has 0 aliphatic heterocycles. The van der Waals surface area contributed by atoms with E-state index in [0.29, 0.717) is 6.42 Å². The molecule has 0 rings (SSSR count). The van der Waals surface area contributed by atoms with Crippen molar-refractivity contribution in [2.24, 2.45) is 11.8 Å². The van der Waals surface area contributed by atoms with Crippen LogP contribution in [-0.2, 0) is 14.3 Å². The first kappa shape index (κ1) is 11.6. The first-order valence-electron chi connectivity index (χ1n) is 4.04. The van der Waals surface area contributed by atoms with Crippen molar-refractivity contribution in [3.8, 4) is 6.07 Å². The van der Waals surface area contributed by atoms with Crippen molar-refractivity contribution in [2.45, 2.75) is 20.3 Å². The number of rotatable bonds is 4. The molecule has 0 amide bonds. The molecule has 0 saturated heterocycles. The van der Waals surface area contributed by atoms with Crippen molar-refractivity contribution >= 4 is 11.8 Å². The van der Waals surface area contributed by atoms with Crippen molar-refractivity contribution in [3.05, 3.63) is 0 Å². The molecule has 0 bridgehead atoms. The molecule has 0 aromatic carbocycles. The lowest BCUT2D eigenvalue weighted by molar-refractivity contribution is -0.152. The molecule has 4 nitrogen and oxygen atoms in total. The summed E-state index contributed by atoms with van der Waals surface area (Å²) >= 11 is 0. The van der Waals surface area contributed by atoms with Crippen LogP contribution in [-0.4, -0.2) is 18.9 Å². The first-order chi connectivity index (χ1) is 6.02. The van der Waals surface area contributed by atoms with Crippen molar-refractivity contribution in [3.63, 3.8) is 0 Å². The third-order valence-corrected chi connectivity index (χ3v) is 1.57. The summed E-state index contributed by atoms with van der Waals surface area (Å²) in [5, 5.41) is 8.61. The Bertz CT molecular complexity index is 240. The van der Waals surface area contributed by atoms with Gasteiger partial charge in [-0.1, -0.05) is 13.8 Å². The van der Waals surface area contributed by atoms with Crippen LogP contribution in [0.15, 0.2) is 0 Å². The normalized spacial score (nSPS) is 11.9. The molecule has 0 spiro atoms. The predicted molar refractivity (Wildman–Crippen MR) is 45.6 cm³/mol. The van der Waals surface area contributed by atoms with E-state index in [2.05, 4.69) is 4.74 Å². The van der Waals surface area contributed by atoms with E-state index in [1.807, 2.05) is 13.8 Å². The van der Waals surface area contributed by atoms with Crippen LogP contribution in [0.5, 0.6) is 0 Å². The number of carbonyl (C=O) groups is 2.